The molecule has 7 nitrogen and oxygen atoms in total. The van der Waals surface area contributed by atoms with E-state index < -0.39 is 0 Å². The quantitative estimate of drug-likeness (QED) is 0.269. The van der Waals surface area contributed by atoms with E-state index in [-0.39, 0.29) is 0 Å². The summed E-state index contributed by atoms with van der Waals surface area (Å²) in [4.78, 5) is 25.0. The molecule has 0 bridgehead atoms. The van der Waals surface area contributed by atoms with Gasteiger partial charge >= 0.3 is 0 Å². The first-order valence-electron chi connectivity index (χ1n) is 3.77. The van der Waals surface area contributed by atoms with E-state index in [1.165, 1.54) is 12.8 Å². The van der Waals surface area contributed by atoms with Gasteiger partial charge in [0.25, 0.3) is 0 Å². The predicted octanol–water partition coefficient (Wildman–Crippen LogP) is -0.214. The molecular formula is C7H15N3O4Si. The highest BCUT2D eigenvalue weighted by molar-refractivity contribution is 5.97. The zero-order valence-corrected chi connectivity index (χ0v) is 10.8. The maximum atomic E-state index is 8.35. The number of isocyanates is 3. The van der Waals surface area contributed by atoms with Crippen LogP contribution >= 0.6 is 0 Å². The molecule has 0 amide bonds. The van der Waals surface area contributed by atoms with Crippen molar-refractivity contribution in [3.63, 3.8) is 0 Å². The van der Waals surface area contributed by atoms with Gasteiger partial charge in [-0.3, -0.25) is 0 Å². The van der Waals surface area contributed by atoms with Crippen molar-refractivity contribution < 1.29 is 18.8 Å². The van der Waals surface area contributed by atoms with Gasteiger partial charge in [-0.05, 0) is 6.42 Å². The van der Waals surface area contributed by atoms with Gasteiger partial charge in [-0.1, -0.05) is 13.3 Å². The van der Waals surface area contributed by atoms with Crippen molar-refractivity contribution in [1.82, 2.24) is 0 Å². The topological polar surface area (TPSA) is 132 Å². The second kappa shape index (κ2) is 55.8. The molecule has 0 rings (SSSR count). The summed E-state index contributed by atoms with van der Waals surface area (Å²) in [6, 6.07) is 0. The Hall–Kier alpha value is -1.68. The fraction of sp³-hybridized carbons (Fsp3) is 0.571. The second-order valence-electron chi connectivity index (χ2n) is 1.65. The molecule has 0 saturated heterocycles. The third-order valence-corrected chi connectivity index (χ3v) is 1.11. The van der Waals surface area contributed by atoms with Crippen molar-refractivity contribution >= 4 is 28.7 Å². The van der Waals surface area contributed by atoms with Crippen molar-refractivity contribution in [2.45, 2.75) is 19.8 Å². The minimum atomic E-state index is 0.750. The number of hydrogen-bond acceptors (Lipinski definition) is 7. The zero-order valence-electron chi connectivity index (χ0n) is 8.75. The third-order valence-electron chi connectivity index (χ3n) is 0.702. The molecule has 0 atom stereocenters. The van der Waals surface area contributed by atoms with E-state index in [1.54, 1.807) is 0 Å². The van der Waals surface area contributed by atoms with E-state index in [2.05, 4.69) is 6.92 Å². The van der Waals surface area contributed by atoms with Crippen LogP contribution < -0.4 is 0 Å². The number of rotatable bonds is 3. The van der Waals surface area contributed by atoms with Gasteiger partial charge in [0.05, 0.1) is 0 Å². The highest BCUT2D eigenvalue weighted by atomic mass is 28.2. The Morgan fingerprint density at radius 2 is 1.33 bits per heavy atom. The Morgan fingerprint density at radius 3 is 1.40 bits per heavy atom. The fourth-order valence-corrected chi connectivity index (χ4v) is 0.577. The number of nitrogens with one attached hydrogen (secondary N) is 3. The SMILES string of the molecule is CCCCO[SiH3].N=C=O.N=C=O.N=C=O. The third kappa shape index (κ3) is 756. The smallest absolute Gasteiger partial charge is 0.231 e. The van der Waals surface area contributed by atoms with Crippen molar-refractivity contribution in [3.05, 3.63) is 0 Å². The van der Waals surface area contributed by atoms with Crippen LogP contribution in [0.5, 0.6) is 0 Å². The Kier molecular flexibility index (Phi) is 86.6. The Balaban J connectivity index is -0.0000000581. The lowest BCUT2D eigenvalue weighted by atomic mass is 10.4. The van der Waals surface area contributed by atoms with Gasteiger partial charge in [-0.15, -0.1) is 0 Å². The number of carbonyl (C=O) groups excluding carboxylic acids is 3. The first-order chi connectivity index (χ1) is 7.16. The lowest BCUT2D eigenvalue weighted by molar-refractivity contribution is 0.339. The van der Waals surface area contributed by atoms with E-state index >= 15 is 0 Å². The minimum absolute atomic E-state index is 0.750. The predicted molar refractivity (Wildman–Crippen MR) is 56.0 cm³/mol. The van der Waals surface area contributed by atoms with Crippen LogP contribution in [0.2, 0.25) is 0 Å². The fourth-order valence-electron chi connectivity index (χ4n) is 0.289. The van der Waals surface area contributed by atoms with Gasteiger partial charge in [-0.2, -0.15) is 0 Å². The molecule has 0 spiro atoms. The summed E-state index contributed by atoms with van der Waals surface area (Å²) in [6.07, 6.45) is 4.73. The van der Waals surface area contributed by atoms with Gasteiger partial charge < -0.3 is 4.43 Å². The molecule has 0 aromatic heterocycles. The first kappa shape index (κ1) is 23.3. The lowest BCUT2D eigenvalue weighted by Gasteiger charge is -1.90. The molecule has 8 heteroatoms. The molecule has 86 valence electrons. The van der Waals surface area contributed by atoms with Crippen LogP contribution in [0.4, 0.5) is 0 Å². The Labute approximate surface area is 90.9 Å². The highest BCUT2D eigenvalue weighted by Crippen LogP contribution is 1.82. The van der Waals surface area contributed by atoms with Crippen molar-refractivity contribution in [2.75, 3.05) is 6.61 Å². The Morgan fingerprint density at radius 1 is 1.07 bits per heavy atom. The molecule has 0 aromatic carbocycles. The van der Waals surface area contributed by atoms with Crippen LogP contribution in [-0.4, -0.2) is 35.3 Å². The normalized spacial score (nSPS) is 5.40. The zero-order chi connectivity index (χ0) is 12.9. The molecule has 0 aromatic rings. The van der Waals surface area contributed by atoms with Gasteiger partial charge in [0.1, 0.15) is 10.5 Å². The van der Waals surface area contributed by atoms with E-state index in [4.69, 9.17) is 35.0 Å². The molecule has 0 unspecified atom stereocenters. The summed E-state index contributed by atoms with van der Waals surface area (Å²) < 4.78 is 4.92. The van der Waals surface area contributed by atoms with Crippen LogP contribution in [0.1, 0.15) is 19.8 Å². The summed E-state index contributed by atoms with van der Waals surface area (Å²) in [5, 5.41) is 16.2. The number of unbranched alkanes of at least 4 members (excludes halogenated alkanes) is 1. The molecule has 15 heavy (non-hydrogen) atoms. The van der Waals surface area contributed by atoms with Crippen LogP contribution in [0.3, 0.4) is 0 Å². The molecule has 0 radical (unpaired) electrons. The summed E-state index contributed by atoms with van der Waals surface area (Å²) in [5.41, 5.74) is 0. The maximum absolute atomic E-state index is 8.35. The molecule has 0 heterocycles. The lowest BCUT2D eigenvalue weighted by Crippen LogP contribution is -1.85. The highest BCUT2D eigenvalue weighted by Gasteiger charge is 1.74. The largest absolute Gasteiger partial charge is 0.428 e. The molecule has 0 aliphatic heterocycles. The monoisotopic (exact) mass is 233 g/mol. The van der Waals surface area contributed by atoms with Gasteiger partial charge in [0.2, 0.25) is 18.2 Å². The van der Waals surface area contributed by atoms with Crippen molar-refractivity contribution in [3.8, 4) is 0 Å². The van der Waals surface area contributed by atoms with Crippen LogP contribution in [-0.2, 0) is 18.8 Å². The molecule has 0 aliphatic carbocycles. The molecular weight excluding hydrogens is 218 g/mol. The van der Waals surface area contributed by atoms with E-state index in [0.717, 1.165) is 35.3 Å². The van der Waals surface area contributed by atoms with Crippen LogP contribution in [0, 0.1) is 16.2 Å². The number of hydrogen-bond donors (Lipinski definition) is 3. The van der Waals surface area contributed by atoms with Crippen LogP contribution in [0.25, 0.3) is 0 Å². The molecule has 0 saturated carbocycles. The van der Waals surface area contributed by atoms with Crippen LogP contribution in [0.15, 0.2) is 0 Å². The average Bonchev–Trinajstić information content (AvgIpc) is 2.18. The summed E-state index contributed by atoms with van der Waals surface area (Å²) >= 11 is 0. The molecule has 0 fully saturated rings. The summed E-state index contributed by atoms with van der Waals surface area (Å²) in [7, 11) is 0.903. The average molecular weight is 233 g/mol. The Bertz CT molecular complexity index is 160. The van der Waals surface area contributed by atoms with E-state index in [0.29, 0.717) is 0 Å². The van der Waals surface area contributed by atoms with Crippen molar-refractivity contribution in [1.29, 1.82) is 16.2 Å². The minimum Gasteiger partial charge on any atom is -0.428 e. The van der Waals surface area contributed by atoms with Gasteiger partial charge in [0, 0.05) is 6.61 Å². The van der Waals surface area contributed by atoms with Gasteiger partial charge in [0.15, 0.2) is 0 Å². The molecule has 3 N–H and O–H groups in total. The standard InChI is InChI=1S/C4H12OSi.3CHNO/c1-2-3-4-5-6;3*2-1-3/h2-4H2,1,6H3;3*2H. The van der Waals surface area contributed by atoms with Gasteiger partial charge in [-0.25, -0.2) is 30.6 Å². The van der Waals surface area contributed by atoms with E-state index in [1.807, 2.05) is 0 Å². The molecule has 0 aliphatic rings. The summed E-state index contributed by atoms with van der Waals surface area (Å²) in [5.74, 6) is 0. The summed E-state index contributed by atoms with van der Waals surface area (Å²) in [6.45, 7) is 3.14. The van der Waals surface area contributed by atoms with Crippen molar-refractivity contribution in [2.24, 2.45) is 0 Å². The van der Waals surface area contributed by atoms with E-state index in [9.17, 15) is 0 Å². The maximum Gasteiger partial charge on any atom is 0.231 e. The first-order valence-corrected chi connectivity index (χ1v) is 4.58. The second-order valence-corrected chi connectivity index (χ2v) is 2.23.